The molecule has 6 nitrogen and oxygen atoms in total. The monoisotopic (exact) mass is 522 g/mol. The molecule has 0 bridgehead atoms. The Hall–Kier alpha value is -4.20. The summed E-state index contributed by atoms with van der Waals surface area (Å²) in [5.41, 5.74) is 3.76. The maximum atomic E-state index is 15.3. The van der Waals surface area contributed by atoms with Crippen LogP contribution in [0.1, 0.15) is 33.5 Å². The van der Waals surface area contributed by atoms with Crippen LogP contribution in [0.15, 0.2) is 78.0 Å². The van der Waals surface area contributed by atoms with Crippen molar-refractivity contribution in [2.75, 3.05) is 5.48 Å². The van der Waals surface area contributed by atoms with Crippen LogP contribution in [0, 0.1) is 29.9 Å². The van der Waals surface area contributed by atoms with E-state index in [1.807, 2.05) is 0 Å². The van der Waals surface area contributed by atoms with Gasteiger partial charge in [0.05, 0.1) is 34.9 Å². The lowest BCUT2D eigenvalue weighted by Gasteiger charge is -2.13. The normalized spacial score (nSPS) is 14.5. The number of aromatic amines is 2. The van der Waals surface area contributed by atoms with Gasteiger partial charge in [0.1, 0.15) is 12.0 Å². The van der Waals surface area contributed by atoms with E-state index in [2.05, 4.69) is 21.7 Å². The number of alkyl halides is 1. The number of benzene rings is 2. The summed E-state index contributed by atoms with van der Waals surface area (Å²) in [5, 5.41) is 14.6. The van der Waals surface area contributed by atoms with Gasteiger partial charge in [-0.05, 0) is 60.0 Å². The van der Waals surface area contributed by atoms with Crippen molar-refractivity contribution in [3.8, 4) is 17.2 Å². The summed E-state index contributed by atoms with van der Waals surface area (Å²) in [5.74, 6) is -3.05. The predicted octanol–water partition coefficient (Wildman–Crippen LogP) is 7.00. The van der Waals surface area contributed by atoms with Crippen molar-refractivity contribution in [1.82, 2.24) is 10.2 Å². The van der Waals surface area contributed by atoms with Crippen LogP contribution in [0.25, 0.3) is 11.1 Å². The molecule has 0 radical (unpaired) electrons. The molecular formula is C27H21F3N4O2S. The molecule has 0 spiro atoms. The molecule has 1 atom stereocenters. The predicted molar refractivity (Wildman–Crippen MR) is 136 cm³/mol. The number of nitrogens with zero attached hydrogens (tertiary/aromatic N) is 1. The molecule has 0 saturated carbocycles. The Morgan fingerprint density at radius 2 is 1.89 bits per heavy atom. The largest absolute Gasteiger partial charge is 0.308 e. The third-order valence-corrected chi connectivity index (χ3v) is 6.14. The minimum atomic E-state index is -1.13. The van der Waals surface area contributed by atoms with Crippen LogP contribution >= 0.6 is 12.0 Å². The molecule has 0 fully saturated rings. The number of nitrogens with one attached hydrogen (secondary N) is 3. The van der Waals surface area contributed by atoms with Crippen LogP contribution in [0.5, 0.6) is 0 Å². The standard InChI is InChI=1S/C27H21F3N4O2S/c1-16-11-19(18-7-5-17(13-31)6-8-18)14-32-33-15-22(16)27(35)25-23(29)9-10-24(26(25)30)34-36-37-21-4-2-3-20(28)12-21/h2,4-12,14-15,20,32-34H,3H2,1H3. The van der Waals surface area contributed by atoms with Crippen molar-refractivity contribution in [3.05, 3.63) is 112 Å². The number of carbonyl (C=O) groups excluding carboxylic acids is 1. The Labute approximate surface area is 215 Å². The Morgan fingerprint density at radius 1 is 1.14 bits per heavy atom. The van der Waals surface area contributed by atoms with Gasteiger partial charge in [0.15, 0.2) is 5.82 Å². The minimum absolute atomic E-state index is 0.0310. The first-order valence-corrected chi connectivity index (χ1v) is 11.9. The van der Waals surface area contributed by atoms with E-state index >= 15 is 4.39 Å². The Bertz CT molecular complexity index is 1470. The summed E-state index contributed by atoms with van der Waals surface area (Å²) in [6.45, 7) is 1.65. The quantitative estimate of drug-likeness (QED) is 0.177. The van der Waals surface area contributed by atoms with Gasteiger partial charge in [0, 0.05) is 29.3 Å². The summed E-state index contributed by atoms with van der Waals surface area (Å²) >= 11 is 0.772. The average Bonchev–Trinajstić information content (AvgIpc) is 2.88. The smallest absolute Gasteiger partial charge is 0.200 e. The number of carbonyl (C=O) groups is 1. The second-order valence-corrected chi connectivity index (χ2v) is 8.87. The van der Waals surface area contributed by atoms with E-state index in [9.17, 15) is 13.6 Å². The number of anilines is 1. The fraction of sp³-hybridized carbons (Fsp3) is 0.111. The number of rotatable bonds is 7. The van der Waals surface area contributed by atoms with Crippen molar-refractivity contribution < 1.29 is 22.2 Å². The van der Waals surface area contributed by atoms with Crippen LogP contribution in [-0.4, -0.2) is 22.2 Å². The lowest BCUT2D eigenvalue weighted by molar-refractivity contribution is 0.103. The highest BCUT2D eigenvalue weighted by atomic mass is 32.2. The van der Waals surface area contributed by atoms with Gasteiger partial charge in [-0.3, -0.25) is 10.3 Å². The molecule has 3 N–H and O–H groups in total. The van der Waals surface area contributed by atoms with Crippen molar-refractivity contribution >= 4 is 23.5 Å². The SMILES string of the molecule is Cc1cc(-c2ccc(C#N)cc2)c[nH][nH]cc1C(=O)c1c(F)ccc(NOSC2=CC(F)CC=C2)c1F. The van der Waals surface area contributed by atoms with Gasteiger partial charge < -0.3 is 10.2 Å². The summed E-state index contributed by atoms with van der Waals surface area (Å²) in [6.07, 6.45) is 6.79. The number of nitriles is 1. The fourth-order valence-electron chi connectivity index (χ4n) is 3.61. The van der Waals surface area contributed by atoms with Crippen LogP contribution < -0.4 is 5.48 Å². The number of allylic oxidation sites excluding steroid dienone is 3. The molecule has 1 aliphatic rings. The molecule has 10 heteroatoms. The first-order chi connectivity index (χ1) is 17.9. The van der Waals surface area contributed by atoms with E-state index in [0.717, 1.165) is 29.7 Å². The van der Waals surface area contributed by atoms with E-state index in [-0.39, 0.29) is 17.7 Å². The maximum Gasteiger partial charge on any atom is 0.200 e. The molecule has 1 aromatic heterocycles. The highest BCUT2D eigenvalue weighted by molar-refractivity contribution is 7.98. The van der Waals surface area contributed by atoms with Crippen molar-refractivity contribution in [1.29, 1.82) is 5.26 Å². The number of hydrogen-bond donors (Lipinski definition) is 3. The van der Waals surface area contributed by atoms with Gasteiger partial charge >= 0.3 is 0 Å². The van der Waals surface area contributed by atoms with Crippen molar-refractivity contribution in [2.45, 2.75) is 19.5 Å². The molecule has 2 aromatic carbocycles. The topological polar surface area (TPSA) is 93.7 Å². The highest BCUT2D eigenvalue weighted by Gasteiger charge is 2.23. The highest BCUT2D eigenvalue weighted by Crippen LogP contribution is 2.29. The van der Waals surface area contributed by atoms with Crippen LogP contribution in [0.2, 0.25) is 0 Å². The lowest BCUT2D eigenvalue weighted by atomic mass is 9.98. The number of aromatic nitrogens is 2. The first-order valence-electron chi connectivity index (χ1n) is 11.1. The average molecular weight is 523 g/mol. The summed E-state index contributed by atoms with van der Waals surface area (Å²) < 4.78 is 48.6. The number of H-pyrrole nitrogens is 2. The van der Waals surface area contributed by atoms with Gasteiger partial charge in [0.2, 0.25) is 5.78 Å². The molecule has 37 heavy (non-hydrogen) atoms. The van der Waals surface area contributed by atoms with Crippen LogP contribution in [-0.2, 0) is 4.28 Å². The maximum absolute atomic E-state index is 15.3. The molecule has 0 amide bonds. The van der Waals surface area contributed by atoms with Gasteiger partial charge in [-0.25, -0.2) is 13.2 Å². The first kappa shape index (κ1) is 25.9. The number of ketones is 1. The van der Waals surface area contributed by atoms with Crippen LogP contribution in [0.3, 0.4) is 0 Å². The summed E-state index contributed by atoms with van der Waals surface area (Å²) in [7, 11) is 0. The van der Waals surface area contributed by atoms with E-state index in [1.165, 1.54) is 12.3 Å². The molecule has 0 saturated heterocycles. The number of halogens is 3. The molecule has 4 rings (SSSR count). The van der Waals surface area contributed by atoms with Gasteiger partial charge in [-0.15, -0.1) is 0 Å². The third-order valence-electron chi connectivity index (χ3n) is 5.51. The zero-order valence-corrected chi connectivity index (χ0v) is 20.3. The second kappa shape index (κ2) is 11.7. The molecule has 3 aromatic rings. The molecule has 1 heterocycles. The van der Waals surface area contributed by atoms with Gasteiger partial charge in [-0.2, -0.15) is 9.55 Å². The van der Waals surface area contributed by atoms with Gasteiger partial charge in [-0.1, -0.05) is 24.3 Å². The lowest BCUT2D eigenvalue weighted by Crippen LogP contribution is -2.11. The second-order valence-electron chi connectivity index (χ2n) is 8.07. The summed E-state index contributed by atoms with van der Waals surface area (Å²) in [4.78, 5) is 13.8. The van der Waals surface area contributed by atoms with E-state index in [1.54, 1.807) is 55.6 Å². The van der Waals surface area contributed by atoms with E-state index in [0.29, 0.717) is 21.6 Å². The number of aryl methyl sites for hydroxylation is 1. The molecule has 1 aliphatic carbocycles. The molecule has 1 unspecified atom stereocenters. The zero-order valence-electron chi connectivity index (χ0n) is 19.5. The van der Waals surface area contributed by atoms with Gasteiger partial charge in [0.25, 0.3) is 0 Å². The van der Waals surface area contributed by atoms with Crippen molar-refractivity contribution in [3.63, 3.8) is 0 Å². The molecular weight excluding hydrogens is 501 g/mol. The minimum Gasteiger partial charge on any atom is -0.308 e. The zero-order chi connectivity index (χ0) is 26.4. The number of hydrogen-bond acceptors (Lipinski definition) is 5. The van der Waals surface area contributed by atoms with Crippen molar-refractivity contribution in [2.24, 2.45) is 0 Å². The van der Waals surface area contributed by atoms with Crippen LogP contribution in [0.4, 0.5) is 18.9 Å². The fourth-order valence-corrected chi connectivity index (χ4v) is 4.19. The Morgan fingerprint density at radius 3 is 2.62 bits per heavy atom. The molecule has 0 aliphatic heterocycles. The Balaban J connectivity index is 1.62. The van der Waals surface area contributed by atoms with E-state index < -0.39 is 29.2 Å². The molecule has 188 valence electrons. The Kier molecular flexibility index (Phi) is 8.18. The van der Waals surface area contributed by atoms with E-state index in [4.69, 9.17) is 9.55 Å². The summed E-state index contributed by atoms with van der Waals surface area (Å²) in [6, 6.07) is 12.6. The third kappa shape index (κ3) is 6.14.